The van der Waals surface area contributed by atoms with Crippen LogP contribution in [0.4, 0.5) is 5.69 Å². The molecule has 2 rings (SSSR count). The van der Waals surface area contributed by atoms with Crippen LogP contribution in [-0.4, -0.2) is 52.2 Å². The summed E-state index contributed by atoms with van der Waals surface area (Å²) in [4.78, 5) is 12.3. The first-order valence-electron chi connectivity index (χ1n) is 8.64. The zero-order chi connectivity index (χ0) is 21.4. The van der Waals surface area contributed by atoms with Crippen LogP contribution in [0.5, 0.6) is 17.2 Å². The standard InChI is InChI=1S/C19H23N3O6S/c1-4-29(25,26)22(15-6-8-16(27-2)9-7-15)13-19(24)21-20-12-14-5-10-17(23)18(11-14)28-3/h5-12,23H,4,13H2,1-3H3,(H,21,24)/b20-12-. The van der Waals surface area contributed by atoms with E-state index in [2.05, 4.69) is 10.5 Å². The molecule has 0 aliphatic carbocycles. The molecular formula is C19H23N3O6S. The molecule has 0 saturated carbocycles. The van der Waals surface area contributed by atoms with Gasteiger partial charge in [-0.15, -0.1) is 0 Å². The van der Waals surface area contributed by atoms with Crippen LogP contribution in [0.2, 0.25) is 0 Å². The fraction of sp³-hybridized carbons (Fsp3) is 0.263. The van der Waals surface area contributed by atoms with Gasteiger partial charge in [-0.1, -0.05) is 0 Å². The Hall–Kier alpha value is -3.27. The highest BCUT2D eigenvalue weighted by molar-refractivity contribution is 7.92. The molecule has 0 heterocycles. The highest BCUT2D eigenvalue weighted by Gasteiger charge is 2.23. The summed E-state index contributed by atoms with van der Waals surface area (Å²) in [6.07, 6.45) is 1.35. The molecule has 2 N–H and O–H groups in total. The number of hydrogen-bond donors (Lipinski definition) is 2. The molecule has 156 valence electrons. The molecule has 0 aliphatic rings. The lowest BCUT2D eigenvalue weighted by Crippen LogP contribution is -2.40. The van der Waals surface area contributed by atoms with Crippen molar-refractivity contribution in [2.24, 2.45) is 5.10 Å². The van der Waals surface area contributed by atoms with Gasteiger partial charge in [-0.05, 0) is 55.0 Å². The van der Waals surface area contributed by atoms with Crippen LogP contribution < -0.4 is 19.2 Å². The number of phenols is 1. The van der Waals surface area contributed by atoms with E-state index in [1.807, 2.05) is 0 Å². The lowest BCUT2D eigenvalue weighted by molar-refractivity contribution is -0.119. The van der Waals surface area contributed by atoms with Crippen molar-refractivity contribution in [1.82, 2.24) is 5.43 Å². The Morgan fingerprint density at radius 3 is 2.45 bits per heavy atom. The number of methoxy groups -OCH3 is 2. The van der Waals surface area contributed by atoms with Gasteiger partial charge < -0.3 is 14.6 Å². The smallest absolute Gasteiger partial charge is 0.260 e. The van der Waals surface area contributed by atoms with Crippen molar-refractivity contribution < 1.29 is 27.8 Å². The van der Waals surface area contributed by atoms with E-state index in [1.165, 1.54) is 39.5 Å². The molecule has 0 spiro atoms. The number of aromatic hydroxyl groups is 1. The third kappa shape index (κ3) is 5.85. The second-order valence-electron chi connectivity index (χ2n) is 5.83. The fourth-order valence-electron chi connectivity index (χ4n) is 2.37. The van der Waals surface area contributed by atoms with E-state index in [-0.39, 0.29) is 17.3 Å². The zero-order valence-corrected chi connectivity index (χ0v) is 17.1. The van der Waals surface area contributed by atoms with Gasteiger partial charge in [0.2, 0.25) is 10.0 Å². The summed E-state index contributed by atoms with van der Waals surface area (Å²) in [7, 11) is -0.762. The maximum atomic E-state index is 12.4. The van der Waals surface area contributed by atoms with Gasteiger partial charge in [0.15, 0.2) is 11.5 Å². The maximum Gasteiger partial charge on any atom is 0.260 e. The molecule has 0 fully saturated rings. The zero-order valence-electron chi connectivity index (χ0n) is 16.3. The predicted molar refractivity (Wildman–Crippen MR) is 110 cm³/mol. The van der Waals surface area contributed by atoms with Crippen LogP contribution in [0.15, 0.2) is 47.6 Å². The third-order valence-electron chi connectivity index (χ3n) is 3.95. The monoisotopic (exact) mass is 421 g/mol. The van der Waals surface area contributed by atoms with Crippen LogP contribution in [0.25, 0.3) is 0 Å². The molecule has 0 aromatic heterocycles. The van der Waals surface area contributed by atoms with Crippen molar-refractivity contribution in [2.75, 3.05) is 30.8 Å². The molecule has 29 heavy (non-hydrogen) atoms. The molecule has 2 aromatic carbocycles. The number of anilines is 1. The van der Waals surface area contributed by atoms with Gasteiger partial charge in [-0.3, -0.25) is 9.10 Å². The van der Waals surface area contributed by atoms with Crippen LogP contribution in [0.1, 0.15) is 12.5 Å². The minimum absolute atomic E-state index is 0.0198. The summed E-state index contributed by atoms with van der Waals surface area (Å²) < 4.78 is 35.9. The number of carbonyl (C=O) groups is 1. The Labute approximate surface area is 169 Å². The van der Waals surface area contributed by atoms with Gasteiger partial charge in [0.1, 0.15) is 12.3 Å². The number of amides is 1. The minimum Gasteiger partial charge on any atom is -0.504 e. The van der Waals surface area contributed by atoms with Crippen molar-refractivity contribution in [3.8, 4) is 17.2 Å². The number of rotatable bonds is 9. The van der Waals surface area contributed by atoms with Gasteiger partial charge in [-0.25, -0.2) is 13.8 Å². The SMILES string of the molecule is CCS(=O)(=O)N(CC(=O)N/N=C\c1ccc(O)c(OC)c1)c1ccc(OC)cc1. The summed E-state index contributed by atoms with van der Waals surface area (Å²) in [5.74, 6) is 0.0393. The molecule has 9 nitrogen and oxygen atoms in total. The second kappa shape index (κ2) is 9.78. The van der Waals surface area contributed by atoms with E-state index in [9.17, 15) is 18.3 Å². The first-order valence-corrected chi connectivity index (χ1v) is 10.2. The molecule has 0 aliphatic heterocycles. The summed E-state index contributed by atoms with van der Waals surface area (Å²) in [6.45, 7) is 1.07. The molecule has 10 heteroatoms. The first-order chi connectivity index (χ1) is 13.8. The van der Waals surface area contributed by atoms with Crippen LogP contribution in [-0.2, 0) is 14.8 Å². The van der Waals surface area contributed by atoms with Crippen LogP contribution in [0.3, 0.4) is 0 Å². The first kappa shape index (κ1) is 22.0. The number of carbonyl (C=O) groups excluding carboxylic acids is 1. The Kier molecular flexibility index (Phi) is 7.43. The highest BCUT2D eigenvalue weighted by Crippen LogP contribution is 2.25. The van der Waals surface area contributed by atoms with Gasteiger partial charge in [0, 0.05) is 0 Å². The van der Waals surface area contributed by atoms with Gasteiger partial charge in [0.05, 0.1) is 31.9 Å². The number of nitrogens with one attached hydrogen (secondary N) is 1. The second-order valence-corrected chi connectivity index (χ2v) is 8.01. The third-order valence-corrected chi connectivity index (χ3v) is 5.70. The molecule has 1 amide bonds. The van der Waals surface area contributed by atoms with Gasteiger partial charge in [0.25, 0.3) is 5.91 Å². The molecular weight excluding hydrogens is 398 g/mol. The number of ether oxygens (including phenoxy) is 2. The van der Waals surface area contributed by atoms with Crippen molar-refractivity contribution in [3.63, 3.8) is 0 Å². The topological polar surface area (TPSA) is 118 Å². The fourth-order valence-corrected chi connectivity index (χ4v) is 3.44. The number of hydrogen-bond acceptors (Lipinski definition) is 7. The van der Waals surface area contributed by atoms with E-state index >= 15 is 0 Å². The molecule has 0 unspecified atom stereocenters. The lowest BCUT2D eigenvalue weighted by atomic mass is 10.2. The normalized spacial score (nSPS) is 11.3. The van der Waals surface area contributed by atoms with E-state index in [1.54, 1.807) is 30.3 Å². The lowest BCUT2D eigenvalue weighted by Gasteiger charge is -2.23. The van der Waals surface area contributed by atoms with E-state index in [0.717, 1.165) is 4.31 Å². The average molecular weight is 421 g/mol. The summed E-state index contributed by atoms with van der Waals surface area (Å²) >= 11 is 0. The van der Waals surface area contributed by atoms with Crippen molar-refractivity contribution >= 4 is 27.8 Å². The molecule has 2 aromatic rings. The molecule has 0 radical (unpaired) electrons. The Bertz CT molecular complexity index is 974. The number of nitrogens with zero attached hydrogens (tertiary/aromatic N) is 2. The van der Waals surface area contributed by atoms with Gasteiger partial charge >= 0.3 is 0 Å². The Morgan fingerprint density at radius 1 is 1.17 bits per heavy atom. The van der Waals surface area contributed by atoms with Crippen molar-refractivity contribution in [3.05, 3.63) is 48.0 Å². The quantitative estimate of drug-likeness (QED) is 0.470. The highest BCUT2D eigenvalue weighted by atomic mass is 32.2. The number of hydrazone groups is 1. The summed E-state index contributed by atoms with van der Waals surface area (Å²) in [5.41, 5.74) is 3.22. The van der Waals surface area contributed by atoms with E-state index in [0.29, 0.717) is 17.0 Å². The Balaban J connectivity index is 2.11. The van der Waals surface area contributed by atoms with Crippen LogP contribution in [0, 0.1) is 0 Å². The number of phenolic OH excluding ortho intramolecular Hbond substituents is 1. The van der Waals surface area contributed by atoms with Crippen molar-refractivity contribution in [2.45, 2.75) is 6.92 Å². The van der Waals surface area contributed by atoms with E-state index in [4.69, 9.17) is 9.47 Å². The van der Waals surface area contributed by atoms with Gasteiger partial charge in [-0.2, -0.15) is 5.10 Å². The number of sulfonamides is 1. The van der Waals surface area contributed by atoms with Crippen LogP contribution >= 0.6 is 0 Å². The number of benzene rings is 2. The van der Waals surface area contributed by atoms with E-state index < -0.39 is 22.5 Å². The average Bonchev–Trinajstić information content (AvgIpc) is 2.73. The molecule has 0 saturated heterocycles. The minimum atomic E-state index is -3.68. The largest absolute Gasteiger partial charge is 0.504 e. The summed E-state index contributed by atoms with van der Waals surface area (Å²) in [6, 6.07) is 10.9. The van der Waals surface area contributed by atoms with Crippen molar-refractivity contribution in [1.29, 1.82) is 0 Å². The predicted octanol–water partition coefficient (Wildman–Crippen LogP) is 1.72. The molecule has 0 bridgehead atoms. The Morgan fingerprint density at radius 2 is 1.86 bits per heavy atom. The summed E-state index contributed by atoms with van der Waals surface area (Å²) in [5, 5.41) is 13.4. The maximum absolute atomic E-state index is 12.4. The molecule has 0 atom stereocenters.